The van der Waals surface area contributed by atoms with E-state index in [1.54, 1.807) is 36.5 Å². The van der Waals surface area contributed by atoms with Crippen molar-refractivity contribution in [2.24, 2.45) is 16.6 Å². The molecule has 0 unspecified atom stereocenters. The first-order valence-corrected chi connectivity index (χ1v) is 12.2. The summed E-state index contributed by atoms with van der Waals surface area (Å²) in [5, 5.41) is 12.6. The zero-order valence-corrected chi connectivity index (χ0v) is 20.5. The minimum Gasteiger partial charge on any atom is -0.474 e. The van der Waals surface area contributed by atoms with Crippen LogP contribution in [0.4, 0.5) is 0 Å². The van der Waals surface area contributed by atoms with Gasteiger partial charge < -0.3 is 25.1 Å². The monoisotopic (exact) mass is 488 g/mol. The average molecular weight is 488 g/mol. The van der Waals surface area contributed by atoms with Crippen LogP contribution in [-0.2, 0) is 9.31 Å². The summed E-state index contributed by atoms with van der Waals surface area (Å²) < 4.78 is 17.6. The smallest absolute Gasteiger partial charge is 0.474 e. The maximum Gasteiger partial charge on any atom is 0.493 e. The zero-order chi connectivity index (χ0) is 25.5. The third-order valence-electron chi connectivity index (χ3n) is 7.20. The lowest BCUT2D eigenvalue weighted by molar-refractivity contribution is -0.0848. The molecule has 9 nitrogen and oxygen atoms in total. The fourth-order valence-corrected chi connectivity index (χ4v) is 5.38. The number of nitriles is 1. The van der Waals surface area contributed by atoms with E-state index in [1.165, 1.54) is 0 Å². The Kier molecular flexibility index (Phi) is 6.23. The van der Waals surface area contributed by atoms with Crippen molar-refractivity contribution < 1.29 is 23.6 Å². The van der Waals surface area contributed by atoms with Crippen LogP contribution < -0.4 is 21.3 Å². The number of nitrogens with one attached hydrogen (secondary N) is 1. The Morgan fingerprint density at radius 2 is 1.92 bits per heavy atom. The van der Waals surface area contributed by atoms with Crippen LogP contribution >= 0.6 is 0 Å². The molecule has 0 radical (unpaired) electrons. The lowest BCUT2D eigenvalue weighted by Gasteiger charge is -2.57. The summed E-state index contributed by atoms with van der Waals surface area (Å²) in [6.45, 7) is 5.20. The van der Waals surface area contributed by atoms with E-state index >= 15 is 0 Å². The Morgan fingerprint density at radius 1 is 1.19 bits per heavy atom. The Hall–Kier alpha value is -3.42. The van der Waals surface area contributed by atoms with Gasteiger partial charge in [0.05, 0.1) is 11.6 Å². The average Bonchev–Trinajstić information content (AvgIpc) is 2.81. The quantitative estimate of drug-likeness (QED) is 0.593. The van der Waals surface area contributed by atoms with E-state index in [-0.39, 0.29) is 40.3 Å². The van der Waals surface area contributed by atoms with Gasteiger partial charge in [0.2, 0.25) is 5.88 Å². The molecule has 10 heteroatoms. The lowest BCUT2D eigenvalue weighted by Crippen LogP contribution is -2.58. The van der Waals surface area contributed by atoms with E-state index in [2.05, 4.69) is 30.2 Å². The molecule has 3 fully saturated rings. The van der Waals surface area contributed by atoms with Gasteiger partial charge in [-0.1, -0.05) is 13.8 Å². The molecule has 36 heavy (non-hydrogen) atoms. The van der Waals surface area contributed by atoms with Crippen molar-refractivity contribution in [3.05, 3.63) is 53.2 Å². The number of primary amides is 1. The van der Waals surface area contributed by atoms with Crippen molar-refractivity contribution in [3.8, 4) is 11.9 Å². The van der Waals surface area contributed by atoms with Crippen molar-refractivity contribution in [1.82, 2.24) is 10.3 Å². The molecule has 2 aromatic rings. The molecule has 5 rings (SSSR count). The molecule has 1 aromatic heterocycles. The number of aromatic nitrogens is 1. The van der Waals surface area contributed by atoms with Crippen LogP contribution in [0.2, 0.25) is 0 Å². The molecule has 2 heterocycles. The number of pyridine rings is 1. The van der Waals surface area contributed by atoms with E-state index in [4.69, 9.17) is 19.8 Å². The molecule has 2 saturated carbocycles. The van der Waals surface area contributed by atoms with Gasteiger partial charge in [0.25, 0.3) is 11.8 Å². The SMILES string of the molecule is CC1(C)COB(c2cc(C#N)cc(C(=O)N[C@H]3CC4(C3)C[C@H](Oc3ncccc3C(N)=O)C4)c2)OC1. The number of hydrogen-bond acceptors (Lipinski definition) is 7. The Balaban J connectivity index is 1.15. The van der Waals surface area contributed by atoms with Gasteiger partial charge in [0.15, 0.2) is 0 Å². The second kappa shape index (κ2) is 9.23. The summed E-state index contributed by atoms with van der Waals surface area (Å²) in [7, 11) is -0.592. The second-order valence-electron chi connectivity index (χ2n) is 11.0. The zero-order valence-electron chi connectivity index (χ0n) is 20.5. The predicted octanol–water partition coefficient (Wildman–Crippen LogP) is 1.94. The topological polar surface area (TPSA) is 137 Å². The summed E-state index contributed by atoms with van der Waals surface area (Å²) in [6.07, 6.45) is 4.95. The van der Waals surface area contributed by atoms with Gasteiger partial charge >= 0.3 is 7.12 Å². The molecule has 0 atom stereocenters. The number of ether oxygens (including phenoxy) is 1. The molecular weight excluding hydrogens is 459 g/mol. The Labute approximate surface area is 210 Å². The van der Waals surface area contributed by atoms with Crippen LogP contribution in [-0.4, -0.2) is 49.3 Å². The molecular formula is C26H29BN4O5. The van der Waals surface area contributed by atoms with E-state index < -0.39 is 13.0 Å². The number of amides is 2. The summed E-state index contributed by atoms with van der Waals surface area (Å²) in [5.74, 6) is -0.500. The maximum atomic E-state index is 13.0. The van der Waals surface area contributed by atoms with Crippen LogP contribution in [0.1, 0.15) is 65.8 Å². The van der Waals surface area contributed by atoms with Crippen molar-refractivity contribution in [2.45, 2.75) is 51.7 Å². The summed E-state index contributed by atoms with van der Waals surface area (Å²) in [4.78, 5) is 28.7. The van der Waals surface area contributed by atoms with Gasteiger partial charge in [-0.15, -0.1) is 0 Å². The fraction of sp³-hybridized carbons (Fsp3) is 0.462. The summed E-state index contributed by atoms with van der Waals surface area (Å²) in [5.41, 5.74) is 7.24. The first-order chi connectivity index (χ1) is 17.2. The first-order valence-electron chi connectivity index (χ1n) is 12.2. The molecule has 186 valence electrons. The van der Waals surface area contributed by atoms with Gasteiger partial charge in [0.1, 0.15) is 11.7 Å². The molecule has 3 N–H and O–H groups in total. The Morgan fingerprint density at radius 3 is 2.58 bits per heavy atom. The summed E-state index contributed by atoms with van der Waals surface area (Å²) >= 11 is 0. The third kappa shape index (κ3) is 4.94. The van der Waals surface area contributed by atoms with Gasteiger partial charge in [-0.2, -0.15) is 5.26 Å². The van der Waals surface area contributed by atoms with Crippen LogP contribution in [0, 0.1) is 22.2 Å². The highest BCUT2D eigenvalue weighted by molar-refractivity contribution is 6.61. The number of benzene rings is 1. The van der Waals surface area contributed by atoms with Crippen molar-refractivity contribution in [3.63, 3.8) is 0 Å². The molecule has 2 aliphatic carbocycles. The minimum atomic E-state index is -0.592. The van der Waals surface area contributed by atoms with Crippen molar-refractivity contribution >= 4 is 24.4 Å². The van der Waals surface area contributed by atoms with Crippen molar-refractivity contribution in [2.75, 3.05) is 13.2 Å². The number of rotatable bonds is 6. The highest BCUT2D eigenvalue weighted by Crippen LogP contribution is 2.56. The number of nitrogens with zero attached hydrogens (tertiary/aromatic N) is 2. The van der Waals surface area contributed by atoms with Crippen LogP contribution in [0.5, 0.6) is 5.88 Å². The van der Waals surface area contributed by atoms with E-state index in [9.17, 15) is 14.9 Å². The molecule has 1 spiro atoms. The predicted molar refractivity (Wildman–Crippen MR) is 132 cm³/mol. The Bertz CT molecular complexity index is 1220. The van der Waals surface area contributed by atoms with Gasteiger partial charge in [-0.3, -0.25) is 9.59 Å². The van der Waals surface area contributed by atoms with Gasteiger partial charge in [0, 0.05) is 36.4 Å². The molecule has 2 amide bonds. The van der Waals surface area contributed by atoms with E-state index in [0.29, 0.717) is 29.8 Å². The van der Waals surface area contributed by atoms with Gasteiger partial charge in [-0.05, 0) is 66.9 Å². The molecule has 1 saturated heterocycles. The standard InChI is InChI=1S/C26H29BN4O5/c1-25(2)14-34-27(35-15-25)18-7-16(13-28)6-17(8-18)23(33)31-19-9-26(10-19)11-20(12-26)36-24-21(22(29)32)4-3-5-30-24/h3-8,19-20H,9-12,14-15H2,1-2H3,(H2,29,32)(H,31,33)/t19-,20-,26?. The number of carbonyl (C=O) groups is 2. The lowest BCUT2D eigenvalue weighted by atomic mass is 9.53. The molecule has 3 aliphatic rings. The highest BCUT2D eigenvalue weighted by atomic mass is 16.6. The van der Waals surface area contributed by atoms with Crippen molar-refractivity contribution in [1.29, 1.82) is 5.26 Å². The van der Waals surface area contributed by atoms with Crippen LogP contribution in [0.3, 0.4) is 0 Å². The molecule has 1 aliphatic heterocycles. The highest BCUT2D eigenvalue weighted by Gasteiger charge is 2.54. The number of nitrogens with two attached hydrogens (primary N) is 1. The molecule has 0 bridgehead atoms. The van der Waals surface area contributed by atoms with Crippen LogP contribution in [0.15, 0.2) is 36.5 Å². The first kappa shape index (κ1) is 24.3. The minimum absolute atomic E-state index is 0.0232. The summed E-state index contributed by atoms with van der Waals surface area (Å²) in [6, 6.07) is 10.5. The van der Waals surface area contributed by atoms with Gasteiger partial charge in [-0.25, -0.2) is 4.98 Å². The number of hydrogen-bond donors (Lipinski definition) is 2. The molecule has 1 aromatic carbocycles. The second-order valence-corrected chi connectivity index (χ2v) is 11.0. The fourth-order valence-electron chi connectivity index (χ4n) is 5.38. The van der Waals surface area contributed by atoms with E-state index in [1.807, 2.05) is 0 Å². The third-order valence-corrected chi connectivity index (χ3v) is 7.20. The number of carbonyl (C=O) groups excluding carboxylic acids is 2. The van der Waals surface area contributed by atoms with E-state index in [0.717, 1.165) is 25.7 Å². The van der Waals surface area contributed by atoms with Crippen LogP contribution in [0.25, 0.3) is 0 Å². The maximum absolute atomic E-state index is 13.0. The largest absolute Gasteiger partial charge is 0.493 e. The normalized spacial score (nSPS) is 26.3.